The predicted octanol–water partition coefficient (Wildman–Crippen LogP) is 5.48. The third-order valence-corrected chi connectivity index (χ3v) is 6.98. The normalized spacial score (nSPS) is 16.9. The number of ketones is 1. The van der Waals surface area contributed by atoms with Crippen LogP contribution in [0.5, 0.6) is 5.75 Å². The second-order valence-electron chi connectivity index (χ2n) is 9.32. The first kappa shape index (κ1) is 27.1. The van der Waals surface area contributed by atoms with Gasteiger partial charge in [0, 0.05) is 18.7 Å². The SMILES string of the molecule is CCN(CC)CCN1C(=O)C(=O)/C(=C(/O)c2ccc(OCc3ccccc3)cc2C)[C@H]1c1ccc(F)cc1. The molecule has 1 aliphatic heterocycles. The van der Waals surface area contributed by atoms with Crippen LogP contribution >= 0.6 is 0 Å². The van der Waals surface area contributed by atoms with Crippen LogP contribution in [0.1, 0.15) is 42.1 Å². The second-order valence-corrected chi connectivity index (χ2v) is 9.32. The van der Waals surface area contributed by atoms with Crippen molar-refractivity contribution in [2.45, 2.75) is 33.4 Å². The van der Waals surface area contributed by atoms with Gasteiger partial charge in [0.1, 0.15) is 23.9 Å². The van der Waals surface area contributed by atoms with Gasteiger partial charge in [0.2, 0.25) is 0 Å². The van der Waals surface area contributed by atoms with Gasteiger partial charge in [0.15, 0.2) is 0 Å². The monoisotopic (exact) mass is 516 g/mol. The molecule has 0 unspecified atom stereocenters. The van der Waals surface area contributed by atoms with E-state index < -0.39 is 23.5 Å². The molecule has 0 bridgehead atoms. The number of benzene rings is 3. The number of aliphatic hydroxyl groups is 1. The fourth-order valence-corrected chi connectivity index (χ4v) is 4.77. The van der Waals surface area contributed by atoms with Gasteiger partial charge in [-0.05, 0) is 67.0 Å². The Bertz CT molecular complexity index is 1320. The highest BCUT2D eigenvalue weighted by Gasteiger charge is 2.46. The first-order valence-electron chi connectivity index (χ1n) is 12.9. The molecule has 0 spiro atoms. The van der Waals surface area contributed by atoms with Crippen LogP contribution in [-0.2, 0) is 16.2 Å². The highest BCUT2D eigenvalue weighted by atomic mass is 19.1. The summed E-state index contributed by atoms with van der Waals surface area (Å²) in [7, 11) is 0. The number of likely N-dealkylation sites (tertiary alicyclic amines) is 1. The molecule has 1 atom stereocenters. The summed E-state index contributed by atoms with van der Waals surface area (Å²) in [5.41, 5.74) is 2.72. The summed E-state index contributed by atoms with van der Waals surface area (Å²) in [6.07, 6.45) is 0. The van der Waals surface area contributed by atoms with Gasteiger partial charge >= 0.3 is 0 Å². The number of hydrogen-bond donors (Lipinski definition) is 1. The van der Waals surface area contributed by atoms with Crippen molar-refractivity contribution in [3.05, 3.63) is 106 Å². The Labute approximate surface area is 223 Å². The van der Waals surface area contributed by atoms with E-state index in [0.29, 0.717) is 42.1 Å². The standard InChI is InChI=1S/C31H33FN2O4/c1-4-33(5-2)17-18-34-28(23-11-13-24(32)14-12-23)27(30(36)31(34)37)29(35)26-16-15-25(19-21(26)3)38-20-22-9-7-6-8-10-22/h6-16,19,28,35H,4-5,17-18,20H2,1-3H3/b29-27+/t28-/m1/s1. The quantitative estimate of drug-likeness (QED) is 0.220. The molecule has 1 aliphatic rings. The van der Waals surface area contributed by atoms with Gasteiger partial charge in [-0.15, -0.1) is 0 Å². The average molecular weight is 517 g/mol. The zero-order chi connectivity index (χ0) is 27.2. The van der Waals surface area contributed by atoms with E-state index >= 15 is 0 Å². The van der Waals surface area contributed by atoms with E-state index in [1.165, 1.54) is 17.0 Å². The number of nitrogens with zero attached hydrogens (tertiary/aromatic N) is 2. The largest absolute Gasteiger partial charge is 0.507 e. The summed E-state index contributed by atoms with van der Waals surface area (Å²) in [6.45, 7) is 8.76. The van der Waals surface area contributed by atoms with Gasteiger partial charge in [-0.2, -0.15) is 0 Å². The van der Waals surface area contributed by atoms with Crippen LogP contribution in [0.3, 0.4) is 0 Å². The number of rotatable bonds is 10. The number of aryl methyl sites for hydroxylation is 1. The van der Waals surface area contributed by atoms with E-state index in [1.54, 1.807) is 30.3 Å². The van der Waals surface area contributed by atoms with Gasteiger partial charge in [0.25, 0.3) is 11.7 Å². The van der Waals surface area contributed by atoms with Crippen molar-refractivity contribution in [3.63, 3.8) is 0 Å². The number of ether oxygens (including phenoxy) is 1. The molecule has 1 N–H and O–H groups in total. The molecule has 6 nitrogen and oxygen atoms in total. The molecule has 38 heavy (non-hydrogen) atoms. The lowest BCUT2D eigenvalue weighted by atomic mass is 9.94. The molecule has 1 saturated heterocycles. The lowest BCUT2D eigenvalue weighted by molar-refractivity contribution is -0.140. The van der Waals surface area contributed by atoms with Crippen LogP contribution in [0.4, 0.5) is 4.39 Å². The zero-order valence-electron chi connectivity index (χ0n) is 22.0. The Balaban J connectivity index is 1.69. The highest BCUT2D eigenvalue weighted by Crippen LogP contribution is 2.40. The molecule has 0 aliphatic carbocycles. The minimum Gasteiger partial charge on any atom is -0.507 e. The Hall–Kier alpha value is -3.97. The number of aliphatic hydroxyl groups excluding tert-OH is 1. The molecule has 0 radical (unpaired) electrons. The summed E-state index contributed by atoms with van der Waals surface area (Å²) >= 11 is 0. The highest BCUT2D eigenvalue weighted by molar-refractivity contribution is 6.46. The van der Waals surface area contributed by atoms with Crippen molar-refractivity contribution in [3.8, 4) is 5.75 Å². The van der Waals surface area contributed by atoms with Gasteiger partial charge in [-0.3, -0.25) is 9.59 Å². The first-order chi connectivity index (χ1) is 18.3. The third-order valence-electron chi connectivity index (χ3n) is 6.98. The number of amides is 1. The zero-order valence-corrected chi connectivity index (χ0v) is 22.0. The van der Waals surface area contributed by atoms with Crippen LogP contribution in [-0.4, -0.2) is 52.8 Å². The molecule has 1 fully saturated rings. The van der Waals surface area contributed by atoms with Crippen molar-refractivity contribution in [2.75, 3.05) is 26.2 Å². The molecular formula is C31H33FN2O4. The number of likely N-dealkylation sites (N-methyl/N-ethyl adjacent to an activating group) is 1. The van der Waals surface area contributed by atoms with Crippen molar-refractivity contribution >= 4 is 17.4 Å². The molecule has 1 amide bonds. The summed E-state index contributed by atoms with van der Waals surface area (Å²) in [4.78, 5) is 30.1. The molecule has 0 saturated carbocycles. The van der Waals surface area contributed by atoms with Crippen molar-refractivity contribution < 1.29 is 23.8 Å². The first-order valence-corrected chi connectivity index (χ1v) is 12.9. The Kier molecular flexibility index (Phi) is 8.59. The molecule has 4 rings (SSSR count). The molecule has 1 heterocycles. The van der Waals surface area contributed by atoms with Crippen LogP contribution < -0.4 is 4.74 Å². The van der Waals surface area contributed by atoms with Crippen LogP contribution in [0.25, 0.3) is 5.76 Å². The van der Waals surface area contributed by atoms with Gasteiger partial charge in [-0.25, -0.2) is 4.39 Å². The van der Waals surface area contributed by atoms with E-state index in [9.17, 15) is 19.1 Å². The van der Waals surface area contributed by atoms with E-state index in [0.717, 1.165) is 18.7 Å². The number of halogens is 1. The molecule has 7 heteroatoms. The van der Waals surface area contributed by atoms with Crippen LogP contribution in [0, 0.1) is 12.7 Å². The maximum absolute atomic E-state index is 13.7. The van der Waals surface area contributed by atoms with Crippen molar-refractivity contribution in [1.82, 2.24) is 9.80 Å². The minimum absolute atomic E-state index is 0.00205. The molecule has 3 aromatic carbocycles. The minimum atomic E-state index is -0.820. The smallest absolute Gasteiger partial charge is 0.295 e. The Morgan fingerprint density at radius 2 is 1.68 bits per heavy atom. The van der Waals surface area contributed by atoms with Crippen molar-refractivity contribution in [1.29, 1.82) is 0 Å². The molecule has 198 valence electrons. The van der Waals surface area contributed by atoms with E-state index in [2.05, 4.69) is 4.90 Å². The van der Waals surface area contributed by atoms with E-state index in [-0.39, 0.29) is 11.3 Å². The number of carbonyl (C=O) groups excluding carboxylic acids is 2. The van der Waals surface area contributed by atoms with Crippen LogP contribution in [0.2, 0.25) is 0 Å². The number of hydrogen-bond acceptors (Lipinski definition) is 5. The maximum Gasteiger partial charge on any atom is 0.295 e. The fourth-order valence-electron chi connectivity index (χ4n) is 4.77. The van der Waals surface area contributed by atoms with E-state index in [4.69, 9.17) is 4.74 Å². The van der Waals surface area contributed by atoms with Gasteiger partial charge in [0.05, 0.1) is 11.6 Å². The molecular weight excluding hydrogens is 483 g/mol. The van der Waals surface area contributed by atoms with E-state index in [1.807, 2.05) is 51.1 Å². The summed E-state index contributed by atoms with van der Waals surface area (Å²) < 4.78 is 19.6. The lowest BCUT2D eigenvalue weighted by Crippen LogP contribution is -2.38. The summed E-state index contributed by atoms with van der Waals surface area (Å²) in [5.74, 6) is -1.47. The number of carbonyl (C=O) groups is 2. The predicted molar refractivity (Wildman–Crippen MR) is 145 cm³/mol. The van der Waals surface area contributed by atoms with Gasteiger partial charge in [-0.1, -0.05) is 56.3 Å². The summed E-state index contributed by atoms with van der Waals surface area (Å²) in [6, 6.07) is 19.9. The molecule has 0 aromatic heterocycles. The lowest BCUT2D eigenvalue weighted by Gasteiger charge is -2.28. The fraction of sp³-hybridized carbons (Fsp3) is 0.290. The third kappa shape index (κ3) is 5.78. The van der Waals surface area contributed by atoms with Gasteiger partial charge < -0.3 is 19.6 Å². The topological polar surface area (TPSA) is 70.1 Å². The Morgan fingerprint density at radius 3 is 2.32 bits per heavy atom. The number of Topliss-reactive ketones (excluding diaryl/α,β-unsaturated/α-hetero) is 1. The molecule has 3 aromatic rings. The summed E-state index contributed by atoms with van der Waals surface area (Å²) in [5, 5.41) is 11.4. The van der Waals surface area contributed by atoms with Crippen LogP contribution in [0.15, 0.2) is 78.4 Å². The maximum atomic E-state index is 13.7. The second kappa shape index (κ2) is 12.0. The van der Waals surface area contributed by atoms with Crippen molar-refractivity contribution in [2.24, 2.45) is 0 Å². The average Bonchev–Trinajstić information content (AvgIpc) is 3.18. The Morgan fingerprint density at radius 1 is 1.00 bits per heavy atom.